The Bertz CT molecular complexity index is 644. The minimum absolute atomic E-state index is 0.00571. The van der Waals surface area contributed by atoms with Gasteiger partial charge in [0.25, 0.3) is 0 Å². The monoisotopic (exact) mass is 340 g/mol. The van der Waals surface area contributed by atoms with Crippen LogP contribution in [0.25, 0.3) is 6.08 Å². The molecule has 25 heavy (non-hydrogen) atoms. The molecule has 0 bridgehead atoms. The number of allylic oxidation sites excluding steroid dienone is 4. The van der Waals surface area contributed by atoms with Gasteiger partial charge in [0.2, 0.25) is 0 Å². The maximum Gasteiger partial charge on any atom is 0.123 e. The van der Waals surface area contributed by atoms with Crippen molar-refractivity contribution in [2.45, 2.75) is 65.2 Å². The van der Waals surface area contributed by atoms with E-state index in [4.69, 9.17) is 0 Å². The third-order valence-corrected chi connectivity index (χ3v) is 5.16. The SMILES string of the molecule is C=C(C)[C@@H]1CCC(C)=C[C@H]1c1c(O)cc(/C=C\CCCCC)cc1O. The highest BCUT2D eigenvalue weighted by Crippen LogP contribution is 2.46. The van der Waals surface area contributed by atoms with Gasteiger partial charge in [-0.3, -0.25) is 0 Å². The third-order valence-electron chi connectivity index (χ3n) is 5.16. The number of rotatable bonds is 7. The van der Waals surface area contributed by atoms with Crippen LogP contribution in [0.5, 0.6) is 11.5 Å². The van der Waals surface area contributed by atoms with Crippen molar-refractivity contribution < 1.29 is 10.2 Å². The molecule has 0 amide bonds. The van der Waals surface area contributed by atoms with Gasteiger partial charge in [0.05, 0.1) is 0 Å². The zero-order valence-electron chi connectivity index (χ0n) is 15.9. The summed E-state index contributed by atoms with van der Waals surface area (Å²) in [6, 6.07) is 3.53. The van der Waals surface area contributed by atoms with Gasteiger partial charge in [-0.2, -0.15) is 0 Å². The topological polar surface area (TPSA) is 40.5 Å². The van der Waals surface area contributed by atoms with Gasteiger partial charge < -0.3 is 10.2 Å². The maximum absolute atomic E-state index is 10.6. The Morgan fingerprint density at radius 2 is 1.92 bits per heavy atom. The van der Waals surface area contributed by atoms with Crippen LogP contribution in [0.1, 0.15) is 76.3 Å². The van der Waals surface area contributed by atoms with Gasteiger partial charge in [0, 0.05) is 11.5 Å². The Morgan fingerprint density at radius 1 is 1.24 bits per heavy atom. The normalized spacial score (nSPS) is 20.7. The van der Waals surface area contributed by atoms with Crippen LogP contribution in [0.3, 0.4) is 0 Å². The molecule has 1 aliphatic rings. The predicted molar refractivity (Wildman–Crippen MR) is 107 cm³/mol. The first-order valence-electron chi connectivity index (χ1n) is 9.49. The van der Waals surface area contributed by atoms with Crippen LogP contribution in [0, 0.1) is 5.92 Å². The zero-order chi connectivity index (χ0) is 18.4. The van der Waals surface area contributed by atoms with E-state index in [2.05, 4.69) is 32.6 Å². The first kappa shape index (κ1) is 19.4. The summed E-state index contributed by atoms with van der Waals surface area (Å²) in [6.07, 6.45) is 13.0. The molecule has 2 rings (SSSR count). The molecule has 2 nitrogen and oxygen atoms in total. The average molecular weight is 341 g/mol. The molecule has 2 atom stereocenters. The van der Waals surface area contributed by atoms with E-state index in [-0.39, 0.29) is 23.3 Å². The molecule has 0 radical (unpaired) electrons. The van der Waals surface area contributed by atoms with Crippen molar-refractivity contribution in [2.75, 3.05) is 0 Å². The molecule has 0 aromatic heterocycles. The van der Waals surface area contributed by atoms with Crippen LogP contribution in [0.4, 0.5) is 0 Å². The number of benzene rings is 1. The predicted octanol–water partition coefficient (Wildman–Crippen LogP) is 6.71. The molecule has 1 aliphatic carbocycles. The molecule has 0 fully saturated rings. The molecule has 0 aliphatic heterocycles. The minimum atomic E-state index is -0.00571. The van der Waals surface area contributed by atoms with Crippen LogP contribution in [0.2, 0.25) is 0 Å². The van der Waals surface area contributed by atoms with E-state index in [0.29, 0.717) is 5.56 Å². The molecule has 136 valence electrons. The van der Waals surface area contributed by atoms with Gasteiger partial charge in [-0.15, -0.1) is 0 Å². The summed E-state index contributed by atoms with van der Waals surface area (Å²) in [7, 11) is 0. The van der Waals surface area contributed by atoms with E-state index in [1.54, 1.807) is 12.1 Å². The third kappa shape index (κ3) is 5.01. The molecular formula is C23H32O2. The van der Waals surface area contributed by atoms with E-state index in [0.717, 1.165) is 30.4 Å². The van der Waals surface area contributed by atoms with E-state index >= 15 is 0 Å². The van der Waals surface area contributed by atoms with Crippen molar-refractivity contribution in [2.24, 2.45) is 5.92 Å². The zero-order valence-corrected chi connectivity index (χ0v) is 15.9. The summed E-state index contributed by atoms with van der Waals surface area (Å²) in [5, 5.41) is 21.2. The van der Waals surface area contributed by atoms with Crippen molar-refractivity contribution >= 4 is 6.08 Å². The van der Waals surface area contributed by atoms with Gasteiger partial charge in [0.1, 0.15) is 11.5 Å². The Kier molecular flexibility index (Phi) is 6.92. The second-order valence-electron chi connectivity index (χ2n) is 7.40. The molecule has 2 N–H and O–H groups in total. The molecule has 0 unspecified atom stereocenters. The number of phenolic OH excluding ortho intramolecular Hbond substituents is 2. The van der Waals surface area contributed by atoms with Crippen molar-refractivity contribution in [3.63, 3.8) is 0 Å². The quantitative estimate of drug-likeness (QED) is 0.428. The second kappa shape index (κ2) is 8.94. The number of hydrogen-bond donors (Lipinski definition) is 2. The lowest BCUT2D eigenvalue weighted by molar-refractivity contribution is 0.407. The lowest BCUT2D eigenvalue weighted by Crippen LogP contribution is -2.17. The molecule has 1 aromatic rings. The van der Waals surface area contributed by atoms with E-state index < -0.39 is 0 Å². The largest absolute Gasteiger partial charge is 0.507 e. The summed E-state index contributed by atoms with van der Waals surface area (Å²) in [4.78, 5) is 0. The minimum Gasteiger partial charge on any atom is -0.507 e. The highest BCUT2D eigenvalue weighted by atomic mass is 16.3. The molecule has 0 heterocycles. The van der Waals surface area contributed by atoms with Crippen LogP contribution < -0.4 is 0 Å². The van der Waals surface area contributed by atoms with Gasteiger partial charge in [-0.1, -0.05) is 55.7 Å². The average Bonchev–Trinajstić information content (AvgIpc) is 2.54. The summed E-state index contributed by atoms with van der Waals surface area (Å²) < 4.78 is 0. The molecule has 0 spiro atoms. The van der Waals surface area contributed by atoms with Crippen LogP contribution >= 0.6 is 0 Å². The highest BCUT2D eigenvalue weighted by molar-refractivity contribution is 5.60. The molecule has 1 aromatic carbocycles. The van der Waals surface area contributed by atoms with Crippen molar-refractivity contribution in [3.8, 4) is 11.5 Å². The van der Waals surface area contributed by atoms with Crippen molar-refractivity contribution in [1.29, 1.82) is 0 Å². The smallest absolute Gasteiger partial charge is 0.123 e. The fraction of sp³-hybridized carbons (Fsp3) is 0.478. The first-order chi connectivity index (χ1) is 11.9. The van der Waals surface area contributed by atoms with Crippen LogP contribution in [0.15, 0.2) is 42.0 Å². The Labute approximate surface area is 152 Å². The van der Waals surface area contributed by atoms with Crippen molar-refractivity contribution in [3.05, 3.63) is 53.1 Å². The van der Waals surface area contributed by atoms with E-state index in [1.165, 1.54) is 24.8 Å². The fourth-order valence-electron chi connectivity index (χ4n) is 3.72. The van der Waals surface area contributed by atoms with E-state index in [1.807, 2.05) is 13.0 Å². The van der Waals surface area contributed by atoms with E-state index in [9.17, 15) is 10.2 Å². The van der Waals surface area contributed by atoms with Crippen LogP contribution in [-0.2, 0) is 0 Å². The molecule has 2 heteroatoms. The highest BCUT2D eigenvalue weighted by Gasteiger charge is 2.29. The van der Waals surface area contributed by atoms with Gasteiger partial charge in [-0.25, -0.2) is 0 Å². The lowest BCUT2D eigenvalue weighted by Gasteiger charge is -2.31. The summed E-state index contributed by atoms with van der Waals surface area (Å²) in [5.74, 6) is 0.607. The summed E-state index contributed by atoms with van der Waals surface area (Å²) in [6.45, 7) is 10.5. The number of phenols is 2. The van der Waals surface area contributed by atoms with Crippen molar-refractivity contribution in [1.82, 2.24) is 0 Å². The van der Waals surface area contributed by atoms with Gasteiger partial charge in [-0.05, 0) is 63.1 Å². The molecule has 0 saturated carbocycles. The first-order valence-corrected chi connectivity index (χ1v) is 9.49. The Balaban J connectivity index is 2.27. The summed E-state index contributed by atoms with van der Waals surface area (Å²) >= 11 is 0. The Hall–Kier alpha value is -1.96. The van der Waals surface area contributed by atoms with Gasteiger partial charge in [0.15, 0.2) is 0 Å². The number of unbranched alkanes of at least 4 members (excludes halogenated alkanes) is 3. The molecule has 0 saturated heterocycles. The lowest BCUT2D eigenvalue weighted by atomic mass is 9.73. The standard InChI is InChI=1S/C23H32O2/c1-5-6-7-8-9-10-18-14-21(24)23(22(25)15-18)20-13-17(4)11-12-19(20)16(2)3/h9-10,13-15,19-20,24-25H,2,5-8,11-12H2,1,3-4H3/b10-9-/t19-,20+/m0/s1. The Morgan fingerprint density at radius 3 is 2.52 bits per heavy atom. The molecular weight excluding hydrogens is 308 g/mol. The van der Waals surface area contributed by atoms with Crippen LogP contribution in [-0.4, -0.2) is 10.2 Å². The maximum atomic E-state index is 10.6. The fourth-order valence-corrected chi connectivity index (χ4v) is 3.72. The second-order valence-corrected chi connectivity index (χ2v) is 7.40. The number of aromatic hydroxyl groups is 2. The van der Waals surface area contributed by atoms with Gasteiger partial charge >= 0.3 is 0 Å². The summed E-state index contributed by atoms with van der Waals surface area (Å²) in [5.41, 5.74) is 3.89. The number of hydrogen-bond acceptors (Lipinski definition) is 2.